The maximum atomic E-state index is 11.8. The van der Waals surface area contributed by atoms with E-state index in [9.17, 15) is 4.79 Å². The molecule has 0 fully saturated rings. The third kappa shape index (κ3) is 4.37. The summed E-state index contributed by atoms with van der Waals surface area (Å²) in [5.74, 6) is -0.283. The Labute approximate surface area is 134 Å². The van der Waals surface area contributed by atoms with Gasteiger partial charge in [0.05, 0.1) is 6.61 Å². The Bertz CT molecular complexity index is 655. The molecule has 2 aromatic rings. The second kappa shape index (κ2) is 7.49. The number of amides is 1. The van der Waals surface area contributed by atoms with Gasteiger partial charge >= 0.3 is 0 Å². The number of methoxy groups -OCH3 is 1. The summed E-state index contributed by atoms with van der Waals surface area (Å²) in [4.78, 5) is 17.1. The zero-order valence-electron chi connectivity index (χ0n) is 13.1. The molecule has 1 aromatic heterocycles. The Morgan fingerprint density at radius 1 is 1.41 bits per heavy atom. The van der Waals surface area contributed by atoms with Crippen LogP contribution in [-0.4, -0.2) is 30.6 Å². The molecule has 118 valence electrons. The Kier molecular flexibility index (Phi) is 5.65. The van der Waals surface area contributed by atoms with Crippen molar-refractivity contribution in [3.05, 3.63) is 46.0 Å². The minimum Gasteiger partial charge on any atom is -0.383 e. The van der Waals surface area contributed by atoms with E-state index in [1.807, 2.05) is 0 Å². The van der Waals surface area contributed by atoms with Crippen LogP contribution in [0.15, 0.2) is 24.4 Å². The van der Waals surface area contributed by atoms with Crippen molar-refractivity contribution in [3.63, 3.8) is 0 Å². The second-order valence-electron chi connectivity index (χ2n) is 5.28. The first-order chi connectivity index (χ1) is 10.5. The van der Waals surface area contributed by atoms with Gasteiger partial charge in [0.1, 0.15) is 6.04 Å². The van der Waals surface area contributed by atoms with E-state index in [1.54, 1.807) is 6.20 Å². The van der Waals surface area contributed by atoms with Crippen molar-refractivity contribution in [1.29, 1.82) is 0 Å². The number of nitrogens with zero attached hydrogens (tertiary/aromatic N) is 1. The molecule has 2 rings (SSSR count). The molecule has 1 unspecified atom stereocenters. The van der Waals surface area contributed by atoms with Crippen molar-refractivity contribution < 1.29 is 9.53 Å². The molecule has 0 saturated carbocycles. The van der Waals surface area contributed by atoms with Crippen molar-refractivity contribution in [2.75, 3.05) is 19.0 Å². The molecule has 0 aliphatic carbocycles. The molecule has 1 aromatic carbocycles. The minimum atomic E-state index is -0.683. The lowest BCUT2D eigenvalue weighted by atomic mass is 10.0. The summed E-state index contributed by atoms with van der Waals surface area (Å²) in [6, 6.07) is 5.74. The molecule has 0 saturated heterocycles. The van der Waals surface area contributed by atoms with Crippen molar-refractivity contribution >= 4 is 22.4 Å². The fourth-order valence-electron chi connectivity index (χ4n) is 2.02. The van der Waals surface area contributed by atoms with Crippen LogP contribution in [0.25, 0.3) is 0 Å². The van der Waals surface area contributed by atoms with E-state index in [0.717, 1.165) is 11.3 Å². The molecule has 5 nitrogen and oxygen atoms in total. The lowest BCUT2D eigenvalue weighted by Crippen LogP contribution is -2.39. The van der Waals surface area contributed by atoms with E-state index in [2.05, 4.69) is 42.3 Å². The number of aryl methyl sites for hydroxylation is 2. The van der Waals surface area contributed by atoms with E-state index >= 15 is 0 Å². The summed E-state index contributed by atoms with van der Waals surface area (Å²) in [6.45, 7) is 4.39. The topological polar surface area (TPSA) is 77.2 Å². The van der Waals surface area contributed by atoms with Gasteiger partial charge in [0.15, 0.2) is 5.13 Å². The average molecular weight is 319 g/mol. The molecule has 1 amide bonds. The van der Waals surface area contributed by atoms with Crippen molar-refractivity contribution in [3.8, 4) is 0 Å². The number of benzene rings is 1. The van der Waals surface area contributed by atoms with Crippen LogP contribution in [-0.2, 0) is 16.0 Å². The molecule has 0 aliphatic rings. The first kappa shape index (κ1) is 16.6. The van der Waals surface area contributed by atoms with Crippen LogP contribution in [0, 0.1) is 13.8 Å². The Morgan fingerprint density at radius 3 is 2.86 bits per heavy atom. The highest BCUT2D eigenvalue weighted by Crippen LogP contribution is 2.22. The van der Waals surface area contributed by atoms with Crippen molar-refractivity contribution in [2.45, 2.75) is 26.3 Å². The number of nitrogens with one attached hydrogen (secondary N) is 1. The molecule has 0 aliphatic heterocycles. The zero-order chi connectivity index (χ0) is 16.1. The molecule has 22 heavy (non-hydrogen) atoms. The third-order valence-corrected chi connectivity index (χ3v) is 4.33. The van der Waals surface area contributed by atoms with Crippen molar-refractivity contribution in [2.24, 2.45) is 5.73 Å². The molecule has 1 atom stereocenters. The van der Waals surface area contributed by atoms with E-state index in [0.29, 0.717) is 5.13 Å². The highest BCUT2D eigenvalue weighted by Gasteiger charge is 2.15. The van der Waals surface area contributed by atoms with Gasteiger partial charge in [0.25, 0.3) is 0 Å². The molecule has 1 heterocycles. The van der Waals surface area contributed by atoms with Gasteiger partial charge < -0.3 is 15.8 Å². The zero-order valence-corrected chi connectivity index (χ0v) is 13.9. The first-order valence-electron chi connectivity index (χ1n) is 7.06. The van der Waals surface area contributed by atoms with Gasteiger partial charge in [-0.15, -0.1) is 11.3 Å². The number of thiazole rings is 1. The smallest absolute Gasteiger partial charge is 0.245 e. The normalized spacial score (nSPS) is 12.2. The standard InChI is InChI=1S/C16H21N3O2S/c1-10-4-5-12(6-11(10)2)7-13-8-18-16(22-13)19-15(20)14(17)9-21-3/h4-6,8,14H,7,9,17H2,1-3H3,(H,18,19,20). The highest BCUT2D eigenvalue weighted by atomic mass is 32.1. The van der Waals surface area contributed by atoms with Gasteiger partial charge in [-0.25, -0.2) is 4.98 Å². The summed E-state index contributed by atoms with van der Waals surface area (Å²) in [6.07, 6.45) is 2.59. The van der Waals surface area contributed by atoms with E-state index in [4.69, 9.17) is 10.5 Å². The Morgan fingerprint density at radius 2 is 2.18 bits per heavy atom. The Hall–Kier alpha value is -1.76. The quantitative estimate of drug-likeness (QED) is 0.856. The Balaban J connectivity index is 1.99. The van der Waals surface area contributed by atoms with Crippen LogP contribution in [0.5, 0.6) is 0 Å². The van der Waals surface area contributed by atoms with Crippen LogP contribution in [0.2, 0.25) is 0 Å². The molecular formula is C16H21N3O2S. The molecule has 0 spiro atoms. The third-order valence-electron chi connectivity index (χ3n) is 3.42. The van der Waals surface area contributed by atoms with Gasteiger partial charge in [-0.2, -0.15) is 0 Å². The van der Waals surface area contributed by atoms with Gasteiger partial charge in [0, 0.05) is 24.6 Å². The fourth-order valence-corrected chi connectivity index (χ4v) is 2.86. The highest BCUT2D eigenvalue weighted by molar-refractivity contribution is 7.15. The lowest BCUT2D eigenvalue weighted by molar-refractivity contribution is -0.118. The fraction of sp³-hybridized carbons (Fsp3) is 0.375. The number of carbonyl (C=O) groups excluding carboxylic acids is 1. The second-order valence-corrected chi connectivity index (χ2v) is 6.39. The largest absolute Gasteiger partial charge is 0.383 e. The average Bonchev–Trinajstić information content (AvgIpc) is 2.90. The number of carbonyl (C=O) groups is 1. The first-order valence-corrected chi connectivity index (χ1v) is 7.87. The summed E-state index contributed by atoms with van der Waals surface area (Å²) >= 11 is 1.46. The minimum absolute atomic E-state index is 0.187. The number of hydrogen-bond acceptors (Lipinski definition) is 5. The monoisotopic (exact) mass is 319 g/mol. The van der Waals surface area contributed by atoms with Gasteiger partial charge in [-0.1, -0.05) is 18.2 Å². The number of aromatic nitrogens is 1. The van der Waals surface area contributed by atoms with Gasteiger partial charge in [-0.3, -0.25) is 4.79 Å². The number of ether oxygens (including phenoxy) is 1. The van der Waals surface area contributed by atoms with Crippen LogP contribution >= 0.6 is 11.3 Å². The summed E-state index contributed by atoms with van der Waals surface area (Å²) in [5, 5.41) is 3.28. The molecule has 6 heteroatoms. The maximum absolute atomic E-state index is 11.8. The molecule has 0 radical (unpaired) electrons. The van der Waals surface area contributed by atoms with Crippen LogP contribution < -0.4 is 11.1 Å². The number of anilines is 1. The lowest BCUT2D eigenvalue weighted by Gasteiger charge is -2.08. The summed E-state index contributed by atoms with van der Waals surface area (Å²) in [5.41, 5.74) is 9.48. The SMILES string of the molecule is COCC(N)C(=O)Nc1ncc(Cc2ccc(C)c(C)c2)s1. The van der Waals surface area contributed by atoms with E-state index in [-0.39, 0.29) is 12.5 Å². The number of rotatable bonds is 6. The molecule has 3 N–H and O–H groups in total. The van der Waals surface area contributed by atoms with Crippen LogP contribution in [0.1, 0.15) is 21.6 Å². The van der Waals surface area contributed by atoms with Crippen molar-refractivity contribution in [1.82, 2.24) is 4.98 Å². The van der Waals surface area contributed by atoms with E-state index in [1.165, 1.54) is 35.1 Å². The van der Waals surface area contributed by atoms with Gasteiger partial charge in [-0.05, 0) is 30.5 Å². The van der Waals surface area contributed by atoms with E-state index < -0.39 is 6.04 Å². The molecular weight excluding hydrogens is 298 g/mol. The van der Waals surface area contributed by atoms with Crippen LogP contribution in [0.3, 0.4) is 0 Å². The van der Waals surface area contributed by atoms with Crippen LogP contribution in [0.4, 0.5) is 5.13 Å². The summed E-state index contributed by atoms with van der Waals surface area (Å²) in [7, 11) is 1.51. The van der Waals surface area contributed by atoms with Gasteiger partial charge in [0.2, 0.25) is 5.91 Å². The summed E-state index contributed by atoms with van der Waals surface area (Å²) < 4.78 is 4.86. The predicted molar refractivity (Wildman–Crippen MR) is 89.3 cm³/mol. The predicted octanol–water partition coefficient (Wildman–Crippen LogP) is 2.26. The number of nitrogens with two attached hydrogens (primary N) is 1. The number of hydrogen-bond donors (Lipinski definition) is 2. The maximum Gasteiger partial charge on any atom is 0.245 e. The molecule has 0 bridgehead atoms.